The minimum atomic E-state index is -0.506. The van der Waals surface area contributed by atoms with Gasteiger partial charge in [0, 0.05) is 12.6 Å². The van der Waals surface area contributed by atoms with E-state index in [1.54, 1.807) is 0 Å². The van der Waals surface area contributed by atoms with Crippen LogP contribution in [0.4, 0.5) is 0 Å². The largest absolute Gasteiger partial charge is 0.468 e. The first-order valence-electron chi connectivity index (χ1n) is 5.59. The molecule has 0 aliphatic carbocycles. The van der Waals surface area contributed by atoms with E-state index in [1.807, 2.05) is 0 Å². The zero-order valence-corrected chi connectivity index (χ0v) is 10.1. The second-order valence-electron chi connectivity index (χ2n) is 4.62. The molecule has 0 saturated carbocycles. The lowest BCUT2D eigenvalue weighted by Gasteiger charge is -2.42. The van der Waals surface area contributed by atoms with Crippen LogP contribution < -0.4 is 10.6 Å². The lowest BCUT2D eigenvalue weighted by atomic mass is 9.79. The molecule has 4 nitrogen and oxygen atoms in total. The number of nitrogens with one attached hydrogen (secondary N) is 2. The normalized spacial score (nSPS) is 31.7. The Morgan fingerprint density at radius 2 is 2.27 bits per heavy atom. The van der Waals surface area contributed by atoms with Crippen LogP contribution in [0.3, 0.4) is 0 Å². The van der Waals surface area contributed by atoms with Gasteiger partial charge < -0.3 is 10.1 Å². The molecule has 0 bridgehead atoms. The molecule has 0 aromatic heterocycles. The molecule has 1 rings (SSSR count). The van der Waals surface area contributed by atoms with Crippen LogP contribution in [-0.2, 0) is 9.53 Å². The average molecular weight is 214 g/mol. The van der Waals surface area contributed by atoms with Gasteiger partial charge in [0.2, 0.25) is 0 Å². The number of piperidine rings is 1. The van der Waals surface area contributed by atoms with E-state index >= 15 is 0 Å². The fraction of sp³-hybridized carbons (Fsp3) is 0.909. The molecule has 1 aliphatic heterocycles. The van der Waals surface area contributed by atoms with E-state index in [9.17, 15) is 4.79 Å². The third kappa shape index (κ3) is 2.49. The van der Waals surface area contributed by atoms with Crippen molar-refractivity contribution in [1.82, 2.24) is 10.6 Å². The van der Waals surface area contributed by atoms with E-state index in [1.165, 1.54) is 7.11 Å². The van der Waals surface area contributed by atoms with Crippen LogP contribution in [0.2, 0.25) is 0 Å². The smallest absolute Gasteiger partial charge is 0.326 e. The van der Waals surface area contributed by atoms with Gasteiger partial charge in [-0.2, -0.15) is 0 Å². The lowest BCUT2D eigenvalue weighted by molar-refractivity contribution is -0.152. The van der Waals surface area contributed by atoms with Gasteiger partial charge in [-0.1, -0.05) is 6.92 Å². The maximum Gasteiger partial charge on any atom is 0.326 e. The Balaban J connectivity index is 2.87. The first kappa shape index (κ1) is 12.5. The number of carbonyl (C=O) groups is 1. The number of carbonyl (C=O) groups excluding carboxylic acids is 1. The monoisotopic (exact) mass is 214 g/mol. The molecule has 0 radical (unpaired) electrons. The molecule has 15 heavy (non-hydrogen) atoms. The van der Waals surface area contributed by atoms with Crippen molar-refractivity contribution in [3.05, 3.63) is 0 Å². The summed E-state index contributed by atoms with van der Waals surface area (Å²) >= 11 is 0. The van der Waals surface area contributed by atoms with Crippen LogP contribution >= 0.6 is 0 Å². The first-order valence-corrected chi connectivity index (χ1v) is 5.59. The Hall–Kier alpha value is -0.610. The Bertz CT molecular complexity index is 231. The van der Waals surface area contributed by atoms with Crippen molar-refractivity contribution in [2.45, 2.75) is 38.8 Å². The van der Waals surface area contributed by atoms with Gasteiger partial charge in [0.05, 0.1) is 7.11 Å². The fourth-order valence-corrected chi connectivity index (χ4v) is 2.30. The second-order valence-corrected chi connectivity index (χ2v) is 4.62. The Kier molecular flexibility index (Phi) is 4.11. The standard InChI is InChI=1S/C11H22N2O2/c1-8(2)13-11(10(14)15-4)5-6-12-7-9(11)3/h8-9,12-13H,5-7H2,1-4H3. The molecule has 2 unspecified atom stereocenters. The molecule has 1 saturated heterocycles. The number of ether oxygens (including phenoxy) is 1. The lowest BCUT2D eigenvalue weighted by Crippen LogP contribution is -2.64. The van der Waals surface area contributed by atoms with E-state index in [2.05, 4.69) is 31.4 Å². The number of esters is 1. The Morgan fingerprint density at radius 3 is 2.73 bits per heavy atom. The zero-order valence-electron chi connectivity index (χ0n) is 10.1. The van der Waals surface area contributed by atoms with E-state index in [0.717, 1.165) is 19.5 Å². The van der Waals surface area contributed by atoms with Gasteiger partial charge in [0.1, 0.15) is 5.54 Å². The van der Waals surface area contributed by atoms with Crippen LogP contribution in [0.25, 0.3) is 0 Å². The third-order valence-corrected chi connectivity index (χ3v) is 3.08. The molecule has 0 amide bonds. The quantitative estimate of drug-likeness (QED) is 0.673. The molecular formula is C11H22N2O2. The van der Waals surface area contributed by atoms with Gasteiger partial charge >= 0.3 is 5.97 Å². The first-order chi connectivity index (χ1) is 7.03. The molecular weight excluding hydrogens is 192 g/mol. The van der Waals surface area contributed by atoms with E-state index in [-0.39, 0.29) is 17.9 Å². The van der Waals surface area contributed by atoms with Crippen LogP contribution in [0.15, 0.2) is 0 Å². The summed E-state index contributed by atoms with van der Waals surface area (Å²) in [4.78, 5) is 11.9. The molecule has 1 heterocycles. The molecule has 2 atom stereocenters. The molecule has 1 fully saturated rings. The van der Waals surface area contributed by atoms with Crippen LogP contribution in [-0.4, -0.2) is 37.7 Å². The summed E-state index contributed by atoms with van der Waals surface area (Å²) in [5, 5.41) is 6.67. The van der Waals surface area contributed by atoms with Crippen molar-refractivity contribution < 1.29 is 9.53 Å². The molecule has 0 aromatic carbocycles. The molecule has 0 aromatic rings. The summed E-state index contributed by atoms with van der Waals surface area (Å²) in [6, 6.07) is 0.282. The highest BCUT2D eigenvalue weighted by atomic mass is 16.5. The van der Waals surface area contributed by atoms with Crippen molar-refractivity contribution in [3.8, 4) is 0 Å². The maximum absolute atomic E-state index is 11.9. The summed E-state index contributed by atoms with van der Waals surface area (Å²) in [6.07, 6.45) is 0.791. The minimum Gasteiger partial charge on any atom is -0.468 e. The molecule has 4 heteroatoms. The average Bonchev–Trinajstić information content (AvgIpc) is 2.19. The fourth-order valence-electron chi connectivity index (χ4n) is 2.30. The van der Waals surface area contributed by atoms with Crippen LogP contribution in [0.1, 0.15) is 27.2 Å². The van der Waals surface area contributed by atoms with Gasteiger partial charge in [-0.15, -0.1) is 0 Å². The minimum absolute atomic E-state index is 0.134. The van der Waals surface area contributed by atoms with Gasteiger partial charge in [-0.05, 0) is 32.7 Å². The maximum atomic E-state index is 11.9. The summed E-state index contributed by atoms with van der Waals surface area (Å²) < 4.78 is 4.94. The molecule has 2 N–H and O–H groups in total. The van der Waals surface area contributed by atoms with Crippen molar-refractivity contribution >= 4 is 5.97 Å². The van der Waals surface area contributed by atoms with Gasteiger partial charge in [-0.25, -0.2) is 0 Å². The van der Waals surface area contributed by atoms with Crippen molar-refractivity contribution in [2.24, 2.45) is 5.92 Å². The van der Waals surface area contributed by atoms with E-state index in [0.29, 0.717) is 0 Å². The predicted octanol–water partition coefficient (Wildman–Crippen LogP) is 0.526. The number of hydrogen-bond donors (Lipinski definition) is 2. The summed E-state index contributed by atoms with van der Waals surface area (Å²) in [5.74, 6) is 0.117. The zero-order chi connectivity index (χ0) is 11.5. The highest BCUT2D eigenvalue weighted by Gasteiger charge is 2.46. The topological polar surface area (TPSA) is 50.4 Å². The molecule has 0 spiro atoms. The third-order valence-electron chi connectivity index (χ3n) is 3.08. The number of rotatable bonds is 3. The Morgan fingerprint density at radius 1 is 1.60 bits per heavy atom. The molecule has 1 aliphatic rings. The van der Waals surface area contributed by atoms with Crippen molar-refractivity contribution in [3.63, 3.8) is 0 Å². The SMILES string of the molecule is COC(=O)C1(NC(C)C)CCNCC1C. The van der Waals surface area contributed by atoms with Gasteiger partial charge in [0.15, 0.2) is 0 Å². The second kappa shape index (κ2) is 4.94. The summed E-state index contributed by atoms with van der Waals surface area (Å²) in [7, 11) is 1.46. The number of methoxy groups -OCH3 is 1. The predicted molar refractivity (Wildman–Crippen MR) is 59.7 cm³/mol. The molecule has 88 valence electrons. The van der Waals surface area contributed by atoms with Gasteiger partial charge in [-0.3, -0.25) is 10.1 Å². The van der Waals surface area contributed by atoms with E-state index < -0.39 is 5.54 Å². The van der Waals surface area contributed by atoms with Gasteiger partial charge in [0.25, 0.3) is 0 Å². The summed E-state index contributed by atoms with van der Waals surface area (Å²) in [6.45, 7) is 7.91. The summed E-state index contributed by atoms with van der Waals surface area (Å²) in [5.41, 5.74) is -0.506. The van der Waals surface area contributed by atoms with E-state index in [4.69, 9.17) is 4.74 Å². The highest BCUT2D eigenvalue weighted by molar-refractivity contribution is 5.81. The highest BCUT2D eigenvalue weighted by Crippen LogP contribution is 2.26. The van der Waals surface area contributed by atoms with Crippen molar-refractivity contribution in [2.75, 3.05) is 20.2 Å². The Labute approximate surface area is 91.8 Å². The van der Waals surface area contributed by atoms with Crippen molar-refractivity contribution in [1.29, 1.82) is 0 Å². The number of hydrogen-bond acceptors (Lipinski definition) is 4. The van der Waals surface area contributed by atoms with Crippen LogP contribution in [0, 0.1) is 5.92 Å². The van der Waals surface area contributed by atoms with Crippen LogP contribution in [0.5, 0.6) is 0 Å².